The summed E-state index contributed by atoms with van der Waals surface area (Å²) in [6.07, 6.45) is 0. The van der Waals surface area contributed by atoms with Crippen LogP contribution in [0.3, 0.4) is 0 Å². The van der Waals surface area contributed by atoms with Crippen molar-refractivity contribution in [2.75, 3.05) is 32.6 Å². The van der Waals surface area contributed by atoms with Gasteiger partial charge in [0, 0.05) is 20.2 Å². The van der Waals surface area contributed by atoms with Crippen LogP contribution in [0.1, 0.15) is 20.8 Å². The molecule has 0 fully saturated rings. The fourth-order valence-corrected chi connectivity index (χ4v) is 2.86. The Hall–Kier alpha value is -0.130. The van der Waals surface area contributed by atoms with Crippen LogP contribution >= 0.6 is 0 Å². The van der Waals surface area contributed by atoms with Crippen molar-refractivity contribution in [2.24, 2.45) is 5.92 Å². The summed E-state index contributed by atoms with van der Waals surface area (Å²) >= 11 is 0. The molecule has 0 saturated carbocycles. The molecule has 4 nitrogen and oxygen atoms in total. The highest BCUT2D eigenvalue weighted by atomic mass is 32.2. The Balaban J connectivity index is 3.92. The zero-order valence-electron chi connectivity index (χ0n) is 10.1. The predicted molar refractivity (Wildman–Crippen MR) is 62.8 cm³/mol. The molecule has 5 heteroatoms. The minimum Gasteiger partial charge on any atom is -0.383 e. The number of hydrogen-bond acceptors (Lipinski definition) is 4. The maximum atomic E-state index is 11.7. The third-order valence-corrected chi connectivity index (χ3v) is 4.62. The first-order valence-corrected chi connectivity index (χ1v) is 7.03. The van der Waals surface area contributed by atoms with Crippen molar-refractivity contribution < 1.29 is 13.2 Å². The van der Waals surface area contributed by atoms with E-state index in [1.165, 1.54) is 0 Å². The van der Waals surface area contributed by atoms with Crippen molar-refractivity contribution >= 4 is 9.84 Å². The lowest BCUT2D eigenvalue weighted by Gasteiger charge is -2.15. The number of rotatable bonds is 8. The van der Waals surface area contributed by atoms with E-state index in [0.717, 1.165) is 0 Å². The van der Waals surface area contributed by atoms with Gasteiger partial charge in [-0.25, -0.2) is 8.42 Å². The summed E-state index contributed by atoms with van der Waals surface area (Å²) in [6.45, 7) is 7.39. The molecule has 0 spiro atoms. The van der Waals surface area contributed by atoms with E-state index in [4.69, 9.17) is 4.74 Å². The van der Waals surface area contributed by atoms with Gasteiger partial charge in [0.2, 0.25) is 0 Å². The highest BCUT2D eigenvalue weighted by Crippen LogP contribution is 2.06. The molecule has 0 aromatic carbocycles. The van der Waals surface area contributed by atoms with Crippen molar-refractivity contribution in [2.45, 2.75) is 26.0 Å². The van der Waals surface area contributed by atoms with Crippen LogP contribution in [0, 0.1) is 5.92 Å². The van der Waals surface area contributed by atoms with Crippen molar-refractivity contribution in [1.82, 2.24) is 5.32 Å². The molecule has 1 atom stereocenters. The van der Waals surface area contributed by atoms with Gasteiger partial charge >= 0.3 is 0 Å². The molecular weight excluding hydrogens is 214 g/mol. The SMILES string of the molecule is COCCNCC(C)S(=O)(=O)CC(C)C. The van der Waals surface area contributed by atoms with E-state index in [9.17, 15) is 8.42 Å². The number of sulfone groups is 1. The van der Waals surface area contributed by atoms with Crippen LogP contribution in [-0.4, -0.2) is 46.2 Å². The van der Waals surface area contributed by atoms with E-state index in [-0.39, 0.29) is 16.9 Å². The molecule has 92 valence electrons. The van der Waals surface area contributed by atoms with Crippen molar-refractivity contribution in [3.05, 3.63) is 0 Å². The summed E-state index contributed by atoms with van der Waals surface area (Å²) in [5.74, 6) is 0.455. The van der Waals surface area contributed by atoms with Crippen molar-refractivity contribution in [3.8, 4) is 0 Å². The Kier molecular flexibility index (Phi) is 7.13. The third-order valence-electron chi connectivity index (χ3n) is 2.09. The maximum Gasteiger partial charge on any atom is 0.154 e. The molecule has 0 saturated heterocycles. The molecule has 0 aliphatic rings. The second kappa shape index (κ2) is 7.19. The fraction of sp³-hybridized carbons (Fsp3) is 1.00. The Morgan fingerprint density at radius 2 is 1.87 bits per heavy atom. The van der Waals surface area contributed by atoms with E-state index >= 15 is 0 Å². The largest absolute Gasteiger partial charge is 0.383 e. The molecular formula is C10H23NO3S. The van der Waals surface area contributed by atoms with Crippen LogP contribution < -0.4 is 5.32 Å². The van der Waals surface area contributed by atoms with Gasteiger partial charge in [0.05, 0.1) is 17.6 Å². The summed E-state index contributed by atoms with van der Waals surface area (Å²) in [6, 6.07) is 0. The Morgan fingerprint density at radius 1 is 1.27 bits per heavy atom. The van der Waals surface area contributed by atoms with Gasteiger partial charge in [-0.1, -0.05) is 13.8 Å². The topological polar surface area (TPSA) is 55.4 Å². The Bertz CT molecular complexity index is 249. The lowest BCUT2D eigenvalue weighted by Crippen LogP contribution is -2.35. The molecule has 0 bridgehead atoms. The summed E-state index contributed by atoms with van der Waals surface area (Å²) in [7, 11) is -1.32. The van der Waals surface area contributed by atoms with E-state index in [0.29, 0.717) is 19.7 Å². The molecule has 0 aliphatic heterocycles. The fourth-order valence-electron chi connectivity index (χ4n) is 1.24. The Morgan fingerprint density at radius 3 is 2.33 bits per heavy atom. The van der Waals surface area contributed by atoms with Crippen LogP contribution in [0.25, 0.3) is 0 Å². The summed E-state index contributed by atoms with van der Waals surface area (Å²) in [5, 5.41) is 2.74. The van der Waals surface area contributed by atoms with E-state index < -0.39 is 9.84 Å². The zero-order chi connectivity index (χ0) is 11.9. The highest BCUT2D eigenvalue weighted by Gasteiger charge is 2.21. The molecule has 0 heterocycles. The monoisotopic (exact) mass is 237 g/mol. The van der Waals surface area contributed by atoms with Crippen LogP contribution in [0.4, 0.5) is 0 Å². The molecule has 15 heavy (non-hydrogen) atoms. The van der Waals surface area contributed by atoms with Crippen LogP contribution in [0.15, 0.2) is 0 Å². The number of methoxy groups -OCH3 is 1. The van der Waals surface area contributed by atoms with E-state index in [1.54, 1.807) is 14.0 Å². The molecule has 0 rings (SSSR count). The molecule has 0 radical (unpaired) electrons. The standard InChI is InChI=1S/C10H23NO3S/c1-9(2)8-15(12,13)10(3)7-11-5-6-14-4/h9-11H,5-8H2,1-4H3. The van der Waals surface area contributed by atoms with Gasteiger partial charge in [-0.2, -0.15) is 0 Å². The first-order valence-electron chi connectivity index (χ1n) is 5.31. The molecule has 1 N–H and O–H groups in total. The summed E-state index contributed by atoms with van der Waals surface area (Å²) in [4.78, 5) is 0. The molecule has 0 amide bonds. The highest BCUT2D eigenvalue weighted by molar-refractivity contribution is 7.92. The minimum absolute atomic E-state index is 0.191. The molecule has 0 aliphatic carbocycles. The van der Waals surface area contributed by atoms with Crippen molar-refractivity contribution in [3.63, 3.8) is 0 Å². The van der Waals surface area contributed by atoms with Gasteiger partial charge in [0.1, 0.15) is 0 Å². The van der Waals surface area contributed by atoms with E-state index in [1.807, 2.05) is 13.8 Å². The maximum absolute atomic E-state index is 11.7. The smallest absolute Gasteiger partial charge is 0.154 e. The Labute approximate surface area is 93.3 Å². The second-order valence-corrected chi connectivity index (χ2v) is 6.69. The average molecular weight is 237 g/mol. The molecule has 1 unspecified atom stereocenters. The minimum atomic E-state index is -2.95. The normalized spacial score (nSPS) is 14.5. The van der Waals surface area contributed by atoms with Gasteiger partial charge in [-0.05, 0) is 12.8 Å². The first-order chi connectivity index (χ1) is 6.90. The van der Waals surface area contributed by atoms with Crippen LogP contribution in [-0.2, 0) is 14.6 Å². The van der Waals surface area contributed by atoms with Crippen LogP contribution in [0.5, 0.6) is 0 Å². The van der Waals surface area contributed by atoms with Gasteiger partial charge in [-0.3, -0.25) is 0 Å². The second-order valence-electron chi connectivity index (χ2n) is 4.23. The predicted octanol–water partition coefficient (Wildman–Crippen LogP) is 0.682. The van der Waals surface area contributed by atoms with Gasteiger partial charge in [0.25, 0.3) is 0 Å². The van der Waals surface area contributed by atoms with Crippen LogP contribution in [0.2, 0.25) is 0 Å². The summed E-state index contributed by atoms with van der Waals surface area (Å²) < 4.78 is 28.3. The molecule has 0 aromatic heterocycles. The molecule has 0 aromatic rings. The quantitative estimate of drug-likeness (QED) is 0.631. The van der Waals surface area contributed by atoms with Gasteiger partial charge in [-0.15, -0.1) is 0 Å². The number of ether oxygens (including phenoxy) is 1. The van der Waals surface area contributed by atoms with Gasteiger partial charge in [0.15, 0.2) is 9.84 Å². The van der Waals surface area contributed by atoms with E-state index in [2.05, 4.69) is 5.32 Å². The first kappa shape index (κ1) is 14.9. The number of nitrogens with one attached hydrogen (secondary N) is 1. The average Bonchev–Trinajstić information content (AvgIpc) is 2.10. The lowest BCUT2D eigenvalue weighted by molar-refractivity contribution is 0.199. The lowest BCUT2D eigenvalue weighted by atomic mass is 10.3. The van der Waals surface area contributed by atoms with Gasteiger partial charge < -0.3 is 10.1 Å². The summed E-state index contributed by atoms with van der Waals surface area (Å²) in [5.41, 5.74) is 0. The third kappa shape index (κ3) is 6.87. The zero-order valence-corrected chi connectivity index (χ0v) is 10.9. The number of hydrogen-bond donors (Lipinski definition) is 1. The van der Waals surface area contributed by atoms with Crippen molar-refractivity contribution in [1.29, 1.82) is 0 Å².